The molecule has 2 unspecified atom stereocenters. The minimum Gasteiger partial charge on any atom is -0.461 e. The van der Waals surface area contributed by atoms with Crippen LogP contribution >= 0.6 is 0 Å². The van der Waals surface area contributed by atoms with E-state index in [1.807, 2.05) is 0 Å². The first-order valence-electron chi connectivity index (χ1n) is 7.01. The molecular weight excluding hydrogens is 322 g/mol. The van der Waals surface area contributed by atoms with E-state index in [4.69, 9.17) is 9.47 Å². The topological polar surface area (TPSA) is 90.0 Å². The molecule has 0 N–H and O–H groups in total. The lowest BCUT2D eigenvalue weighted by Gasteiger charge is -2.31. The van der Waals surface area contributed by atoms with Gasteiger partial charge in [-0.05, 0) is 27.7 Å². The van der Waals surface area contributed by atoms with Gasteiger partial charge in [0.1, 0.15) is 13.2 Å². The summed E-state index contributed by atoms with van der Waals surface area (Å²) in [6.07, 6.45) is 1.04. The zero-order valence-electron chi connectivity index (χ0n) is 14.3. The van der Waals surface area contributed by atoms with Gasteiger partial charge in [0.25, 0.3) is 0 Å². The van der Waals surface area contributed by atoms with Crippen molar-refractivity contribution in [3.05, 3.63) is 24.3 Å². The van der Waals surface area contributed by atoms with Gasteiger partial charge in [0.2, 0.25) is 10.0 Å². The molecule has 0 fully saturated rings. The molecule has 0 saturated carbocycles. The van der Waals surface area contributed by atoms with Crippen LogP contribution in [0.15, 0.2) is 24.3 Å². The molecule has 0 aliphatic carbocycles. The van der Waals surface area contributed by atoms with Gasteiger partial charge < -0.3 is 9.47 Å². The van der Waals surface area contributed by atoms with Crippen LogP contribution in [0.3, 0.4) is 0 Å². The Morgan fingerprint density at radius 3 is 1.48 bits per heavy atom. The monoisotopic (exact) mass is 347 g/mol. The predicted octanol–water partition coefficient (Wildman–Crippen LogP) is 1.26. The Balaban J connectivity index is 4.94. The van der Waals surface area contributed by atoms with Crippen LogP contribution in [0.1, 0.15) is 27.7 Å². The Hall–Kier alpha value is -1.67. The lowest BCUT2D eigenvalue weighted by atomic mass is 10.2. The molecule has 0 aromatic heterocycles. The van der Waals surface area contributed by atoms with Gasteiger partial charge in [0, 0.05) is 11.1 Å². The number of esters is 2. The maximum atomic E-state index is 12.0. The first kappa shape index (κ1) is 21.3. The smallest absolute Gasteiger partial charge is 0.333 e. The van der Waals surface area contributed by atoms with Crippen LogP contribution in [0.2, 0.25) is 0 Å². The molecule has 8 heteroatoms. The highest BCUT2D eigenvalue weighted by Gasteiger charge is 2.30. The molecule has 0 radical (unpaired) electrons. The van der Waals surface area contributed by atoms with Crippen LogP contribution < -0.4 is 0 Å². The number of hydrogen-bond donors (Lipinski definition) is 0. The molecule has 0 spiro atoms. The lowest BCUT2D eigenvalue weighted by Crippen LogP contribution is -2.48. The molecular formula is C15H25NO6S. The summed E-state index contributed by atoms with van der Waals surface area (Å²) in [7, 11) is -3.59. The summed E-state index contributed by atoms with van der Waals surface area (Å²) in [6.45, 7) is 12.9. The summed E-state index contributed by atoms with van der Waals surface area (Å²) in [5, 5.41) is 0. The molecule has 0 heterocycles. The van der Waals surface area contributed by atoms with Crippen molar-refractivity contribution in [2.24, 2.45) is 0 Å². The van der Waals surface area contributed by atoms with Crippen molar-refractivity contribution in [2.75, 3.05) is 19.5 Å². The van der Waals surface area contributed by atoms with E-state index in [-0.39, 0.29) is 24.4 Å². The van der Waals surface area contributed by atoms with E-state index in [9.17, 15) is 18.0 Å². The third-order valence-electron chi connectivity index (χ3n) is 2.86. The van der Waals surface area contributed by atoms with Gasteiger partial charge in [-0.1, -0.05) is 13.2 Å². The van der Waals surface area contributed by atoms with Gasteiger partial charge in [-0.2, -0.15) is 4.31 Å². The zero-order chi connectivity index (χ0) is 18.4. The number of ether oxygens (including phenoxy) is 2. The Morgan fingerprint density at radius 2 is 1.26 bits per heavy atom. The molecule has 132 valence electrons. The maximum Gasteiger partial charge on any atom is 0.333 e. The van der Waals surface area contributed by atoms with Crippen molar-refractivity contribution in [3.63, 3.8) is 0 Å². The second-order valence-corrected chi connectivity index (χ2v) is 7.44. The quantitative estimate of drug-likeness (QED) is 0.461. The summed E-state index contributed by atoms with van der Waals surface area (Å²) >= 11 is 0. The van der Waals surface area contributed by atoms with Gasteiger partial charge >= 0.3 is 11.9 Å². The van der Waals surface area contributed by atoms with Gasteiger partial charge in [0.15, 0.2) is 0 Å². The van der Waals surface area contributed by atoms with Crippen LogP contribution in [0.5, 0.6) is 0 Å². The largest absolute Gasteiger partial charge is 0.461 e. The molecule has 7 nitrogen and oxygen atoms in total. The third kappa shape index (κ3) is 7.43. The van der Waals surface area contributed by atoms with Crippen molar-refractivity contribution in [1.29, 1.82) is 0 Å². The first-order chi connectivity index (χ1) is 10.4. The molecule has 23 heavy (non-hydrogen) atoms. The van der Waals surface area contributed by atoms with Gasteiger partial charge in [-0.25, -0.2) is 18.0 Å². The van der Waals surface area contributed by atoms with E-state index < -0.39 is 34.0 Å². The highest BCUT2D eigenvalue weighted by Crippen LogP contribution is 2.13. The van der Waals surface area contributed by atoms with Crippen LogP contribution in [0.25, 0.3) is 0 Å². The fourth-order valence-electron chi connectivity index (χ4n) is 1.87. The number of carbonyl (C=O) groups is 2. The molecule has 0 aliphatic rings. The van der Waals surface area contributed by atoms with Crippen LogP contribution in [0.4, 0.5) is 0 Å². The fraction of sp³-hybridized carbons (Fsp3) is 0.600. The van der Waals surface area contributed by atoms with E-state index in [0.717, 1.165) is 10.6 Å². The van der Waals surface area contributed by atoms with Crippen LogP contribution in [-0.2, 0) is 29.1 Å². The number of hydrogen-bond acceptors (Lipinski definition) is 6. The van der Waals surface area contributed by atoms with Crippen molar-refractivity contribution in [2.45, 2.75) is 39.8 Å². The van der Waals surface area contributed by atoms with Crippen LogP contribution in [0, 0.1) is 0 Å². The number of rotatable bonds is 9. The number of carbonyl (C=O) groups excluding carboxylic acids is 2. The second kappa shape index (κ2) is 8.83. The highest BCUT2D eigenvalue weighted by atomic mass is 32.2. The second-order valence-electron chi connectivity index (χ2n) is 5.55. The maximum absolute atomic E-state index is 12.0. The van der Waals surface area contributed by atoms with Crippen molar-refractivity contribution in [3.8, 4) is 0 Å². The minimum atomic E-state index is -3.59. The molecule has 0 aromatic rings. The molecule has 0 saturated heterocycles. The fourth-order valence-corrected chi connectivity index (χ4v) is 3.30. The van der Waals surface area contributed by atoms with E-state index in [2.05, 4.69) is 13.2 Å². The van der Waals surface area contributed by atoms with E-state index in [1.165, 1.54) is 13.8 Å². The van der Waals surface area contributed by atoms with Gasteiger partial charge in [-0.15, -0.1) is 0 Å². The molecule has 0 aliphatic heterocycles. The average Bonchev–Trinajstić information content (AvgIpc) is 2.40. The summed E-state index contributed by atoms with van der Waals surface area (Å²) in [5.74, 6) is -1.18. The standard InChI is InChI=1S/C15H25NO6S/c1-10(2)14(17)21-8-12(5)16(23(7,19)20)13(6)9-22-15(18)11(3)4/h12-13H,1,3,8-9H2,2,4-7H3. The predicted molar refractivity (Wildman–Crippen MR) is 87.2 cm³/mol. The van der Waals surface area contributed by atoms with Gasteiger partial charge in [0.05, 0.1) is 18.3 Å². The van der Waals surface area contributed by atoms with Crippen LogP contribution in [-0.4, -0.2) is 56.2 Å². The minimum absolute atomic E-state index is 0.127. The van der Waals surface area contributed by atoms with Crippen molar-refractivity contribution >= 4 is 22.0 Å². The third-order valence-corrected chi connectivity index (χ3v) is 4.35. The normalized spacial score (nSPS) is 14.0. The Kier molecular flexibility index (Phi) is 8.19. The molecule has 0 rings (SSSR count). The Morgan fingerprint density at radius 1 is 0.957 bits per heavy atom. The number of nitrogens with zero attached hydrogens (tertiary/aromatic N) is 1. The SMILES string of the molecule is C=C(C)C(=O)OCC(C)N(C(C)COC(=O)C(=C)C)S(C)(=O)=O. The Labute approximate surface area is 138 Å². The van der Waals surface area contributed by atoms with E-state index in [0.29, 0.717) is 0 Å². The van der Waals surface area contributed by atoms with Crippen molar-refractivity contribution < 1.29 is 27.5 Å². The summed E-state index contributed by atoms with van der Waals surface area (Å²) in [4.78, 5) is 22.8. The van der Waals surface area contributed by atoms with E-state index in [1.54, 1.807) is 13.8 Å². The summed E-state index contributed by atoms with van der Waals surface area (Å²) in [5.41, 5.74) is 0.457. The summed E-state index contributed by atoms with van der Waals surface area (Å²) in [6, 6.07) is -1.24. The molecule has 0 aromatic carbocycles. The Bertz CT molecular complexity index is 545. The molecule has 2 atom stereocenters. The molecule has 0 amide bonds. The number of sulfonamides is 1. The zero-order valence-corrected chi connectivity index (χ0v) is 15.1. The lowest BCUT2D eigenvalue weighted by molar-refractivity contribution is -0.141. The van der Waals surface area contributed by atoms with Crippen molar-refractivity contribution in [1.82, 2.24) is 4.31 Å². The first-order valence-corrected chi connectivity index (χ1v) is 8.86. The van der Waals surface area contributed by atoms with E-state index >= 15 is 0 Å². The average molecular weight is 347 g/mol. The van der Waals surface area contributed by atoms with Gasteiger partial charge in [-0.3, -0.25) is 0 Å². The summed E-state index contributed by atoms with van der Waals surface area (Å²) < 4.78 is 35.1. The molecule has 0 bridgehead atoms. The highest BCUT2D eigenvalue weighted by molar-refractivity contribution is 7.88.